The highest BCUT2D eigenvalue weighted by Crippen LogP contribution is 2.27. The molecular formula is C14H18N2O4. The highest BCUT2D eigenvalue weighted by Gasteiger charge is 2.32. The quantitative estimate of drug-likeness (QED) is 0.764. The summed E-state index contributed by atoms with van der Waals surface area (Å²) in [5.41, 5.74) is 1.41. The molecule has 1 aromatic carbocycles. The molecule has 108 valence electrons. The van der Waals surface area contributed by atoms with E-state index in [1.807, 2.05) is 0 Å². The van der Waals surface area contributed by atoms with Gasteiger partial charge in [0.05, 0.1) is 12.2 Å². The molecule has 6 heteroatoms. The van der Waals surface area contributed by atoms with Gasteiger partial charge < -0.3 is 20.4 Å². The summed E-state index contributed by atoms with van der Waals surface area (Å²) in [5, 5.41) is 20.7. The van der Waals surface area contributed by atoms with Crippen LogP contribution in [-0.2, 0) is 0 Å². The summed E-state index contributed by atoms with van der Waals surface area (Å²) in [5.74, 6) is -1.03. The van der Waals surface area contributed by atoms with Crippen molar-refractivity contribution in [1.82, 2.24) is 4.90 Å². The van der Waals surface area contributed by atoms with E-state index >= 15 is 0 Å². The number of amides is 2. The number of carbonyl (C=O) groups is 2. The second-order valence-electron chi connectivity index (χ2n) is 4.91. The zero-order chi connectivity index (χ0) is 14.7. The van der Waals surface area contributed by atoms with E-state index in [4.69, 9.17) is 10.2 Å². The van der Waals surface area contributed by atoms with Gasteiger partial charge in [-0.25, -0.2) is 9.59 Å². The van der Waals surface area contributed by atoms with Crippen LogP contribution in [0.3, 0.4) is 0 Å². The van der Waals surface area contributed by atoms with Crippen molar-refractivity contribution in [3.63, 3.8) is 0 Å². The molecular weight excluding hydrogens is 260 g/mol. The SMILES string of the molecule is Cc1ccc(C(=O)O)cc1NC(=O)N(CCO)C1CC1. The number of hydrogen-bond acceptors (Lipinski definition) is 3. The second-order valence-corrected chi connectivity index (χ2v) is 4.91. The fraction of sp³-hybridized carbons (Fsp3) is 0.429. The number of carboxylic acids is 1. The van der Waals surface area contributed by atoms with E-state index in [1.165, 1.54) is 12.1 Å². The lowest BCUT2D eigenvalue weighted by Crippen LogP contribution is -2.38. The molecule has 1 saturated carbocycles. The van der Waals surface area contributed by atoms with Crippen molar-refractivity contribution in [2.24, 2.45) is 0 Å². The average molecular weight is 278 g/mol. The molecule has 1 aliphatic carbocycles. The van der Waals surface area contributed by atoms with Crippen molar-refractivity contribution >= 4 is 17.7 Å². The molecule has 1 aromatic rings. The molecule has 6 nitrogen and oxygen atoms in total. The van der Waals surface area contributed by atoms with Crippen LogP contribution in [0.25, 0.3) is 0 Å². The number of nitrogens with zero attached hydrogens (tertiary/aromatic N) is 1. The Hall–Kier alpha value is -2.08. The molecule has 1 aliphatic rings. The van der Waals surface area contributed by atoms with Crippen LogP contribution in [0, 0.1) is 6.92 Å². The number of aromatic carboxylic acids is 1. The summed E-state index contributed by atoms with van der Waals surface area (Å²) < 4.78 is 0. The summed E-state index contributed by atoms with van der Waals surface area (Å²) >= 11 is 0. The number of aryl methyl sites for hydroxylation is 1. The molecule has 0 heterocycles. The minimum atomic E-state index is -1.03. The van der Waals surface area contributed by atoms with Crippen molar-refractivity contribution in [3.8, 4) is 0 Å². The number of aliphatic hydroxyl groups is 1. The monoisotopic (exact) mass is 278 g/mol. The predicted molar refractivity (Wildman–Crippen MR) is 74.0 cm³/mol. The van der Waals surface area contributed by atoms with E-state index in [2.05, 4.69) is 5.32 Å². The summed E-state index contributed by atoms with van der Waals surface area (Å²) in [6, 6.07) is 4.49. The predicted octanol–water partition coefficient (Wildman–Crippen LogP) is 1.68. The second kappa shape index (κ2) is 5.92. The van der Waals surface area contributed by atoms with Crippen molar-refractivity contribution in [2.75, 3.05) is 18.5 Å². The first-order chi connectivity index (χ1) is 9.52. The van der Waals surface area contributed by atoms with Gasteiger partial charge in [-0.3, -0.25) is 0 Å². The van der Waals surface area contributed by atoms with Gasteiger partial charge in [0.1, 0.15) is 0 Å². The number of hydrogen-bond donors (Lipinski definition) is 3. The maximum atomic E-state index is 12.2. The fourth-order valence-corrected chi connectivity index (χ4v) is 2.02. The number of rotatable bonds is 5. The van der Waals surface area contributed by atoms with Crippen LogP contribution in [-0.4, -0.2) is 46.3 Å². The largest absolute Gasteiger partial charge is 0.478 e. The molecule has 2 amide bonds. The Morgan fingerprint density at radius 3 is 2.65 bits per heavy atom. The van der Waals surface area contributed by atoms with Gasteiger partial charge in [-0.15, -0.1) is 0 Å². The summed E-state index contributed by atoms with van der Waals surface area (Å²) in [6.45, 7) is 2.00. The average Bonchev–Trinajstić information content (AvgIpc) is 3.22. The van der Waals surface area contributed by atoms with E-state index in [1.54, 1.807) is 17.9 Å². The van der Waals surface area contributed by atoms with Gasteiger partial charge >= 0.3 is 12.0 Å². The normalized spacial score (nSPS) is 13.9. The Balaban J connectivity index is 2.13. The Kier molecular flexibility index (Phi) is 4.24. The van der Waals surface area contributed by atoms with Gasteiger partial charge in [0.15, 0.2) is 0 Å². The van der Waals surface area contributed by atoms with Crippen LogP contribution in [0.2, 0.25) is 0 Å². The van der Waals surface area contributed by atoms with E-state index in [0.717, 1.165) is 18.4 Å². The Labute approximate surface area is 117 Å². The third-order valence-corrected chi connectivity index (χ3v) is 3.32. The third-order valence-electron chi connectivity index (χ3n) is 3.32. The summed E-state index contributed by atoms with van der Waals surface area (Å²) in [6.07, 6.45) is 1.89. The van der Waals surface area contributed by atoms with Crippen molar-refractivity contribution in [3.05, 3.63) is 29.3 Å². The number of carbonyl (C=O) groups excluding carboxylic acids is 1. The van der Waals surface area contributed by atoms with Gasteiger partial charge in [-0.05, 0) is 37.5 Å². The van der Waals surface area contributed by atoms with Crippen LogP contribution < -0.4 is 5.32 Å². The van der Waals surface area contributed by atoms with E-state index in [-0.39, 0.29) is 30.8 Å². The third kappa shape index (κ3) is 3.27. The lowest BCUT2D eigenvalue weighted by Gasteiger charge is -2.22. The Bertz CT molecular complexity index is 526. The molecule has 0 aromatic heterocycles. The first-order valence-electron chi connectivity index (χ1n) is 6.55. The Morgan fingerprint density at radius 1 is 1.40 bits per heavy atom. The highest BCUT2D eigenvalue weighted by atomic mass is 16.4. The van der Waals surface area contributed by atoms with Crippen LogP contribution in [0.4, 0.5) is 10.5 Å². The summed E-state index contributed by atoms with van der Waals surface area (Å²) in [4.78, 5) is 24.7. The van der Waals surface area contributed by atoms with Crippen LogP contribution >= 0.6 is 0 Å². The van der Waals surface area contributed by atoms with Crippen LogP contribution in [0.1, 0.15) is 28.8 Å². The molecule has 0 saturated heterocycles. The molecule has 2 rings (SSSR count). The van der Waals surface area contributed by atoms with Crippen molar-refractivity contribution in [2.45, 2.75) is 25.8 Å². The lowest BCUT2D eigenvalue weighted by molar-refractivity contribution is 0.0697. The first-order valence-corrected chi connectivity index (χ1v) is 6.55. The maximum Gasteiger partial charge on any atom is 0.335 e. The van der Waals surface area contributed by atoms with E-state index in [9.17, 15) is 9.59 Å². The molecule has 20 heavy (non-hydrogen) atoms. The topological polar surface area (TPSA) is 89.9 Å². The van der Waals surface area contributed by atoms with Gasteiger partial charge in [0.25, 0.3) is 0 Å². The van der Waals surface area contributed by atoms with Gasteiger partial charge in [0, 0.05) is 18.3 Å². The number of urea groups is 1. The molecule has 0 atom stereocenters. The number of anilines is 1. The molecule has 0 radical (unpaired) electrons. The number of nitrogens with one attached hydrogen (secondary N) is 1. The Morgan fingerprint density at radius 2 is 2.10 bits per heavy atom. The zero-order valence-electron chi connectivity index (χ0n) is 11.3. The highest BCUT2D eigenvalue weighted by molar-refractivity contribution is 5.94. The van der Waals surface area contributed by atoms with Crippen LogP contribution in [0.15, 0.2) is 18.2 Å². The first kappa shape index (κ1) is 14.3. The smallest absolute Gasteiger partial charge is 0.335 e. The maximum absolute atomic E-state index is 12.2. The molecule has 1 fully saturated rings. The van der Waals surface area contributed by atoms with Crippen molar-refractivity contribution < 1.29 is 19.8 Å². The molecule has 3 N–H and O–H groups in total. The number of benzene rings is 1. The number of carboxylic acid groups (broad SMARTS) is 1. The molecule has 0 spiro atoms. The minimum absolute atomic E-state index is 0.0853. The standard InChI is InChI=1S/C14H18N2O4/c1-9-2-3-10(13(18)19)8-12(9)15-14(20)16(6-7-17)11-4-5-11/h2-3,8,11,17H,4-7H2,1H3,(H,15,20)(H,18,19). The minimum Gasteiger partial charge on any atom is -0.478 e. The van der Waals surface area contributed by atoms with Gasteiger partial charge in [-0.1, -0.05) is 6.07 Å². The van der Waals surface area contributed by atoms with E-state index < -0.39 is 5.97 Å². The van der Waals surface area contributed by atoms with Crippen molar-refractivity contribution in [1.29, 1.82) is 0 Å². The van der Waals surface area contributed by atoms with Gasteiger partial charge in [0.2, 0.25) is 0 Å². The lowest BCUT2D eigenvalue weighted by atomic mass is 10.1. The summed E-state index contributed by atoms with van der Waals surface area (Å²) in [7, 11) is 0. The van der Waals surface area contributed by atoms with E-state index in [0.29, 0.717) is 5.69 Å². The molecule has 0 bridgehead atoms. The molecule has 0 unspecified atom stereocenters. The van der Waals surface area contributed by atoms with Gasteiger partial charge in [-0.2, -0.15) is 0 Å². The molecule has 0 aliphatic heterocycles. The zero-order valence-corrected chi connectivity index (χ0v) is 11.3. The number of aliphatic hydroxyl groups excluding tert-OH is 1. The fourth-order valence-electron chi connectivity index (χ4n) is 2.02. The van der Waals surface area contributed by atoms with Crippen LogP contribution in [0.5, 0.6) is 0 Å².